The summed E-state index contributed by atoms with van der Waals surface area (Å²) in [5.41, 5.74) is 0.326. The van der Waals surface area contributed by atoms with Crippen LogP contribution in [0.4, 0.5) is 0 Å². The first-order valence-corrected chi connectivity index (χ1v) is 12.3. The number of carbonyl (C=O) groups is 1. The standard InChI is InChI=1S/C25H40O6/c1-13-10-25-8-5-17-23(2,3)19(31-22-21(29)20(28)16(27)12-30-22)6-7-24(17,4)18(25)9-15(26)14(13)11-25/h13-14,16-22,27-29H,5-12H2,1-4H3/t13?,14-,16-,17?,18?,19-,20+,21-,22-,24-,25-/m1/s1. The van der Waals surface area contributed by atoms with Crippen LogP contribution >= 0.6 is 0 Å². The fraction of sp³-hybridized carbons (Fsp3) is 0.960. The predicted molar refractivity (Wildman–Crippen MR) is 114 cm³/mol. The van der Waals surface area contributed by atoms with Gasteiger partial charge in [0, 0.05) is 12.3 Å². The van der Waals surface area contributed by atoms with Gasteiger partial charge in [0.1, 0.15) is 24.1 Å². The Hall–Kier alpha value is -0.530. The Morgan fingerprint density at radius 1 is 1.00 bits per heavy atom. The Bertz CT molecular complexity index is 738. The number of ketones is 1. The number of rotatable bonds is 2. The second-order valence-corrected chi connectivity index (χ2v) is 12.4. The molecule has 4 aliphatic carbocycles. The maximum Gasteiger partial charge on any atom is 0.186 e. The minimum Gasteiger partial charge on any atom is -0.388 e. The fourth-order valence-electron chi connectivity index (χ4n) is 9.02. The lowest BCUT2D eigenvalue weighted by Crippen LogP contribution is -2.62. The summed E-state index contributed by atoms with van der Waals surface area (Å²) in [4.78, 5) is 13.0. The molecule has 1 heterocycles. The second-order valence-electron chi connectivity index (χ2n) is 12.4. The second kappa shape index (κ2) is 7.23. The monoisotopic (exact) mass is 436 g/mol. The molecule has 5 rings (SSSR count). The molecule has 11 atom stereocenters. The maximum absolute atomic E-state index is 13.0. The van der Waals surface area contributed by atoms with Gasteiger partial charge in [-0.15, -0.1) is 0 Å². The van der Waals surface area contributed by atoms with E-state index in [1.807, 2.05) is 0 Å². The Kier molecular flexibility index (Phi) is 5.20. The number of Topliss-reactive ketones (excluding diaryl/α,β-unsaturated/α-hetero) is 1. The van der Waals surface area contributed by atoms with Crippen molar-refractivity contribution in [3.8, 4) is 0 Å². The van der Waals surface area contributed by atoms with Crippen LogP contribution in [0.15, 0.2) is 0 Å². The normalized spacial score (nSPS) is 56.1. The molecule has 5 fully saturated rings. The van der Waals surface area contributed by atoms with Crippen molar-refractivity contribution in [3.63, 3.8) is 0 Å². The molecule has 0 radical (unpaired) electrons. The van der Waals surface area contributed by atoms with Crippen LogP contribution in [0.1, 0.15) is 72.6 Å². The molecular formula is C25H40O6. The molecule has 3 N–H and O–H groups in total. The van der Waals surface area contributed by atoms with Crippen LogP contribution in [0.25, 0.3) is 0 Å². The zero-order valence-corrected chi connectivity index (χ0v) is 19.4. The van der Waals surface area contributed by atoms with E-state index in [0.29, 0.717) is 29.0 Å². The summed E-state index contributed by atoms with van der Waals surface area (Å²) < 4.78 is 11.9. The van der Waals surface area contributed by atoms with Crippen molar-refractivity contribution in [1.82, 2.24) is 0 Å². The lowest BCUT2D eigenvalue weighted by atomic mass is 9.40. The van der Waals surface area contributed by atoms with Gasteiger partial charge in [-0.1, -0.05) is 27.7 Å². The van der Waals surface area contributed by atoms with Gasteiger partial charge >= 0.3 is 0 Å². The number of hydrogen-bond donors (Lipinski definition) is 3. The van der Waals surface area contributed by atoms with E-state index in [4.69, 9.17) is 9.47 Å². The van der Waals surface area contributed by atoms with E-state index >= 15 is 0 Å². The molecule has 3 unspecified atom stereocenters. The average Bonchev–Trinajstić information content (AvgIpc) is 2.98. The summed E-state index contributed by atoms with van der Waals surface area (Å²) in [6.07, 6.45) is 2.66. The third kappa shape index (κ3) is 3.12. The van der Waals surface area contributed by atoms with Gasteiger partial charge in [0.25, 0.3) is 0 Å². The van der Waals surface area contributed by atoms with Crippen molar-refractivity contribution >= 4 is 5.78 Å². The van der Waals surface area contributed by atoms with E-state index in [1.54, 1.807) is 0 Å². The molecule has 6 nitrogen and oxygen atoms in total. The molecule has 6 heteroatoms. The van der Waals surface area contributed by atoms with Gasteiger partial charge in [-0.3, -0.25) is 4.79 Å². The lowest BCUT2D eigenvalue weighted by Gasteiger charge is -2.65. The smallest absolute Gasteiger partial charge is 0.186 e. The fourth-order valence-corrected chi connectivity index (χ4v) is 9.02. The quantitative estimate of drug-likeness (QED) is 0.576. The molecule has 2 bridgehead atoms. The van der Waals surface area contributed by atoms with Crippen LogP contribution in [-0.2, 0) is 14.3 Å². The molecule has 1 saturated heterocycles. The van der Waals surface area contributed by atoms with Crippen LogP contribution in [-0.4, -0.2) is 58.4 Å². The number of ether oxygens (including phenoxy) is 2. The Balaban J connectivity index is 1.38. The zero-order chi connectivity index (χ0) is 22.3. The topological polar surface area (TPSA) is 96.2 Å². The largest absolute Gasteiger partial charge is 0.388 e. The van der Waals surface area contributed by atoms with Crippen molar-refractivity contribution in [2.75, 3.05) is 6.61 Å². The molecule has 0 aromatic rings. The van der Waals surface area contributed by atoms with Gasteiger partial charge in [0.2, 0.25) is 0 Å². The van der Waals surface area contributed by atoms with E-state index in [9.17, 15) is 20.1 Å². The summed E-state index contributed by atoms with van der Waals surface area (Å²) in [6, 6.07) is 0. The van der Waals surface area contributed by atoms with Crippen LogP contribution < -0.4 is 0 Å². The number of aliphatic hydroxyl groups excluding tert-OH is 3. The van der Waals surface area contributed by atoms with Gasteiger partial charge in [-0.05, 0) is 72.5 Å². The zero-order valence-electron chi connectivity index (χ0n) is 19.4. The van der Waals surface area contributed by atoms with Crippen molar-refractivity contribution in [1.29, 1.82) is 0 Å². The highest BCUT2D eigenvalue weighted by molar-refractivity contribution is 5.83. The summed E-state index contributed by atoms with van der Waals surface area (Å²) >= 11 is 0. The molecule has 1 spiro atoms. The van der Waals surface area contributed by atoms with E-state index in [2.05, 4.69) is 27.7 Å². The third-order valence-corrected chi connectivity index (χ3v) is 10.5. The van der Waals surface area contributed by atoms with Crippen LogP contribution in [0.2, 0.25) is 0 Å². The Morgan fingerprint density at radius 2 is 1.74 bits per heavy atom. The number of hydrogen-bond acceptors (Lipinski definition) is 6. The van der Waals surface area contributed by atoms with Crippen molar-refractivity contribution in [2.45, 2.75) is 103 Å². The number of carbonyl (C=O) groups excluding carboxylic acids is 1. The molecule has 0 amide bonds. The average molecular weight is 437 g/mol. The molecule has 1 aliphatic heterocycles. The van der Waals surface area contributed by atoms with E-state index < -0.39 is 24.6 Å². The van der Waals surface area contributed by atoms with Crippen LogP contribution in [0.3, 0.4) is 0 Å². The maximum atomic E-state index is 13.0. The van der Waals surface area contributed by atoms with Crippen molar-refractivity contribution in [3.05, 3.63) is 0 Å². The first kappa shape index (κ1) is 22.3. The van der Waals surface area contributed by atoms with Crippen LogP contribution in [0.5, 0.6) is 0 Å². The molecule has 31 heavy (non-hydrogen) atoms. The van der Waals surface area contributed by atoms with E-state index in [0.717, 1.165) is 32.1 Å². The SMILES string of the molecule is CC1C[C@@]23CCC4C(C)(C)[C@H](O[C@H]5OC[C@@H](O)[C@H](O)[C@H]5O)CC[C@@]4(C)C2CC(=O)[C@@H]1C3. The summed E-state index contributed by atoms with van der Waals surface area (Å²) in [5, 5.41) is 30.2. The van der Waals surface area contributed by atoms with Gasteiger partial charge in [-0.2, -0.15) is 0 Å². The van der Waals surface area contributed by atoms with Gasteiger partial charge < -0.3 is 24.8 Å². The Morgan fingerprint density at radius 3 is 2.48 bits per heavy atom. The van der Waals surface area contributed by atoms with Crippen LogP contribution in [0, 0.1) is 39.9 Å². The minimum atomic E-state index is -1.25. The lowest BCUT2D eigenvalue weighted by molar-refractivity contribution is -0.306. The van der Waals surface area contributed by atoms with Crippen molar-refractivity contribution in [2.24, 2.45) is 39.9 Å². The molecule has 0 aromatic carbocycles. The first-order chi connectivity index (χ1) is 14.5. The molecule has 176 valence electrons. The Labute approximate surface area is 185 Å². The summed E-state index contributed by atoms with van der Waals surface area (Å²) in [5.74, 6) is 2.20. The summed E-state index contributed by atoms with van der Waals surface area (Å²) in [7, 11) is 0. The molecule has 4 saturated carbocycles. The number of fused-ring (bicyclic) bond motifs is 3. The molecule has 5 aliphatic rings. The minimum absolute atomic E-state index is 0.0384. The highest BCUT2D eigenvalue weighted by Crippen LogP contribution is 2.71. The van der Waals surface area contributed by atoms with Gasteiger partial charge in [-0.25, -0.2) is 0 Å². The first-order valence-electron chi connectivity index (χ1n) is 12.3. The van der Waals surface area contributed by atoms with E-state index in [-0.39, 0.29) is 29.5 Å². The highest BCUT2D eigenvalue weighted by atomic mass is 16.7. The van der Waals surface area contributed by atoms with E-state index in [1.165, 1.54) is 12.8 Å². The predicted octanol–water partition coefficient (Wildman–Crippen LogP) is 2.67. The highest BCUT2D eigenvalue weighted by Gasteiger charge is 2.66. The molecular weight excluding hydrogens is 396 g/mol. The van der Waals surface area contributed by atoms with Gasteiger partial charge in [0.05, 0.1) is 12.7 Å². The summed E-state index contributed by atoms with van der Waals surface area (Å²) in [6.45, 7) is 9.21. The third-order valence-electron chi connectivity index (χ3n) is 10.5. The van der Waals surface area contributed by atoms with Gasteiger partial charge in [0.15, 0.2) is 6.29 Å². The van der Waals surface area contributed by atoms with Crippen molar-refractivity contribution < 1.29 is 29.6 Å². The number of aliphatic hydroxyl groups is 3. The molecule has 0 aromatic heterocycles.